The van der Waals surface area contributed by atoms with Crippen LogP contribution in [0, 0.1) is 0 Å². The predicted octanol–water partition coefficient (Wildman–Crippen LogP) is 2.50. The second-order valence-electron chi connectivity index (χ2n) is 7.06. The summed E-state index contributed by atoms with van der Waals surface area (Å²) < 4.78 is 1.60. The Bertz CT molecular complexity index is 1130. The van der Waals surface area contributed by atoms with Crippen LogP contribution in [0.4, 0.5) is 0 Å². The lowest BCUT2D eigenvalue weighted by Crippen LogP contribution is -2.37. The molecule has 0 saturated carbocycles. The highest BCUT2D eigenvalue weighted by Gasteiger charge is 2.25. The molecule has 1 saturated heterocycles. The van der Waals surface area contributed by atoms with E-state index in [2.05, 4.69) is 20.3 Å². The van der Waals surface area contributed by atoms with E-state index in [1.165, 1.54) is 0 Å². The molecular weight excluding hydrogens is 392 g/mol. The third kappa shape index (κ3) is 3.93. The molecule has 1 fully saturated rings. The molecule has 1 aromatic carbocycles. The zero-order valence-corrected chi connectivity index (χ0v) is 16.8. The number of aromatic amines is 1. The maximum absolute atomic E-state index is 12.5. The van der Waals surface area contributed by atoms with Crippen LogP contribution in [0.25, 0.3) is 11.2 Å². The maximum atomic E-state index is 12.5. The molecule has 1 N–H and O–H groups in total. The Morgan fingerprint density at radius 1 is 1.31 bits per heavy atom. The first-order valence-corrected chi connectivity index (χ1v) is 9.93. The molecule has 150 valence electrons. The second kappa shape index (κ2) is 8.16. The Balaban J connectivity index is 1.60. The highest BCUT2D eigenvalue weighted by Crippen LogP contribution is 2.26. The fourth-order valence-electron chi connectivity index (χ4n) is 3.59. The Labute approximate surface area is 172 Å². The number of likely N-dealkylation sites (tertiary alicyclic amines) is 1. The van der Waals surface area contributed by atoms with Gasteiger partial charge in [0.2, 0.25) is 5.91 Å². The minimum atomic E-state index is -0.303. The van der Waals surface area contributed by atoms with Crippen LogP contribution in [0.2, 0.25) is 5.02 Å². The molecule has 0 bridgehead atoms. The first-order chi connectivity index (χ1) is 14.1. The molecule has 0 aliphatic carbocycles. The Morgan fingerprint density at radius 3 is 2.79 bits per heavy atom. The van der Waals surface area contributed by atoms with Gasteiger partial charge in [-0.2, -0.15) is 0 Å². The first-order valence-electron chi connectivity index (χ1n) is 9.55. The Morgan fingerprint density at radius 2 is 2.07 bits per heavy atom. The van der Waals surface area contributed by atoms with Crippen molar-refractivity contribution in [3.05, 3.63) is 63.2 Å². The summed E-state index contributed by atoms with van der Waals surface area (Å²) in [4.78, 5) is 33.9. The van der Waals surface area contributed by atoms with Gasteiger partial charge in [0.15, 0.2) is 11.2 Å². The van der Waals surface area contributed by atoms with E-state index in [0.717, 1.165) is 18.4 Å². The summed E-state index contributed by atoms with van der Waals surface area (Å²) in [6.07, 6.45) is 4.80. The monoisotopic (exact) mass is 412 g/mol. The van der Waals surface area contributed by atoms with Crippen molar-refractivity contribution in [1.29, 1.82) is 0 Å². The number of amides is 1. The Kier molecular flexibility index (Phi) is 5.44. The number of fused-ring (bicyclic) bond motifs is 1. The van der Waals surface area contributed by atoms with E-state index >= 15 is 0 Å². The number of nitrogens with one attached hydrogen (secondary N) is 1. The molecule has 0 unspecified atom stereocenters. The topological polar surface area (TPSA) is 96.8 Å². The lowest BCUT2D eigenvalue weighted by molar-refractivity contribution is -0.127. The second-order valence-corrected chi connectivity index (χ2v) is 7.47. The molecule has 2 aromatic heterocycles. The van der Waals surface area contributed by atoms with Crippen molar-refractivity contribution >= 4 is 28.7 Å². The molecule has 9 heteroatoms. The number of piperidine rings is 1. The van der Waals surface area contributed by atoms with Crippen LogP contribution in [0.3, 0.4) is 0 Å². The van der Waals surface area contributed by atoms with Crippen molar-refractivity contribution in [3.63, 3.8) is 0 Å². The van der Waals surface area contributed by atoms with Gasteiger partial charge in [-0.25, -0.2) is 9.67 Å². The van der Waals surface area contributed by atoms with Crippen LogP contribution in [0.15, 0.2) is 41.2 Å². The van der Waals surface area contributed by atoms with E-state index in [4.69, 9.17) is 11.6 Å². The lowest BCUT2D eigenvalue weighted by atomic mass is 9.96. The van der Waals surface area contributed by atoms with Crippen LogP contribution in [0.5, 0.6) is 0 Å². The number of hydrogen-bond acceptors (Lipinski definition) is 5. The number of aromatic nitrogens is 5. The molecule has 29 heavy (non-hydrogen) atoms. The maximum Gasteiger partial charge on any atom is 0.281 e. The SMILES string of the molecule is CC=CC(=O)N1CCC(c2nc3c(nnn3Cc3ccccc3Cl)c(=O)[nH]2)CC1. The predicted molar refractivity (Wildman–Crippen MR) is 110 cm³/mol. The van der Waals surface area contributed by atoms with E-state index in [-0.39, 0.29) is 22.9 Å². The van der Waals surface area contributed by atoms with Crippen molar-refractivity contribution in [3.8, 4) is 0 Å². The number of carbonyl (C=O) groups excluding carboxylic acids is 1. The Hall–Kier alpha value is -3.00. The van der Waals surface area contributed by atoms with Crippen molar-refractivity contribution in [1.82, 2.24) is 29.9 Å². The van der Waals surface area contributed by atoms with Crippen LogP contribution in [0.1, 0.15) is 37.1 Å². The van der Waals surface area contributed by atoms with Gasteiger partial charge in [0.25, 0.3) is 5.56 Å². The summed E-state index contributed by atoms with van der Waals surface area (Å²) in [6, 6.07) is 7.47. The van der Waals surface area contributed by atoms with Crippen LogP contribution in [-0.2, 0) is 11.3 Å². The summed E-state index contributed by atoms with van der Waals surface area (Å²) >= 11 is 6.25. The van der Waals surface area contributed by atoms with Gasteiger partial charge in [0, 0.05) is 24.0 Å². The van der Waals surface area contributed by atoms with E-state index in [1.807, 2.05) is 36.1 Å². The van der Waals surface area contributed by atoms with Crippen molar-refractivity contribution < 1.29 is 4.79 Å². The fourth-order valence-corrected chi connectivity index (χ4v) is 3.79. The highest BCUT2D eigenvalue weighted by molar-refractivity contribution is 6.31. The van der Waals surface area contributed by atoms with Gasteiger partial charge in [-0.3, -0.25) is 9.59 Å². The van der Waals surface area contributed by atoms with Gasteiger partial charge >= 0.3 is 0 Å². The number of allylic oxidation sites excluding steroid dienone is 1. The molecule has 8 nitrogen and oxygen atoms in total. The number of rotatable bonds is 4. The van der Waals surface area contributed by atoms with Gasteiger partial charge in [0.05, 0.1) is 6.54 Å². The molecule has 1 aliphatic rings. The molecule has 3 aromatic rings. The zero-order valence-electron chi connectivity index (χ0n) is 16.0. The summed E-state index contributed by atoms with van der Waals surface area (Å²) in [6.45, 7) is 3.47. The number of halogens is 1. The smallest absolute Gasteiger partial charge is 0.281 e. The largest absolute Gasteiger partial charge is 0.339 e. The average molecular weight is 413 g/mol. The van der Waals surface area contributed by atoms with Gasteiger partial charge in [-0.05, 0) is 37.5 Å². The van der Waals surface area contributed by atoms with E-state index < -0.39 is 0 Å². The number of hydrogen-bond donors (Lipinski definition) is 1. The van der Waals surface area contributed by atoms with Gasteiger partial charge in [-0.1, -0.05) is 41.1 Å². The highest BCUT2D eigenvalue weighted by atomic mass is 35.5. The lowest BCUT2D eigenvalue weighted by Gasteiger charge is -2.30. The standard InChI is InChI=1S/C20H21ClN6O2/c1-2-5-16(28)26-10-8-13(9-11-26)18-22-19-17(20(29)23-18)24-25-27(19)12-14-6-3-4-7-15(14)21/h2-7,13H,8-12H2,1H3,(H,22,23,29). The quantitative estimate of drug-likeness (QED) is 0.664. The summed E-state index contributed by atoms with van der Waals surface area (Å²) in [5.41, 5.74) is 1.22. The molecule has 4 rings (SSSR count). The third-order valence-corrected chi connectivity index (χ3v) is 5.54. The van der Waals surface area contributed by atoms with Gasteiger partial charge < -0.3 is 9.88 Å². The molecule has 0 radical (unpaired) electrons. The zero-order chi connectivity index (χ0) is 20.4. The van der Waals surface area contributed by atoms with Gasteiger partial charge in [-0.15, -0.1) is 5.10 Å². The average Bonchev–Trinajstić information content (AvgIpc) is 3.13. The summed E-state index contributed by atoms with van der Waals surface area (Å²) in [5, 5.41) is 8.71. The normalized spacial score (nSPS) is 15.4. The summed E-state index contributed by atoms with van der Waals surface area (Å²) in [7, 11) is 0. The summed E-state index contributed by atoms with van der Waals surface area (Å²) in [5.74, 6) is 0.707. The minimum absolute atomic E-state index is 0.0184. The van der Waals surface area contributed by atoms with Crippen molar-refractivity contribution in [2.75, 3.05) is 13.1 Å². The minimum Gasteiger partial charge on any atom is -0.339 e. The van der Waals surface area contributed by atoms with Crippen LogP contribution < -0.4 is 5.56 Å². The number of nitrogens with zero attached hydrogens (tertiary/aromatic N) is 5. The third-order valence-electron chi connectivity index (χ3n) is 5.17. The molecule has 1 aliphatic heterocycles. The molecular formula is C20H21ClN6O2. The molecule has 3 heterocycles. The van der Waals surface area contributed by atoms with Crippen molar-refractivity contribution in [2.45, 2.75) is 32.2 Å². The van der Waals surface area contributed by atoms with Crippen LogP contribution in [-0.4, -0.2) is 48.9 Å². The van der Waals surface area contributed by atoms with E-state index in [9.17, 15) is 9.59 Å². The van der Waals surface area contributed by atoms with Crippen LogP contribution >= 0.6 is 11.6 Å². The fraction of sp³-hybridized carbons (Fsp3) is 0.350. The van der Waals surface area contributed by atoms with Gasteiger partial charge in [0.1, 0.15) is 5.82 Å². The number of carbonyl (C=O) groups is 1. The molecule has 1 amide bonds. The number of H-pyrrole nitrogens is 1. The van der Waals surface area contributed by atoms with E-state index in [1.54, 1.807) is 16.8 Å². The first kappa shape index (κ1) is 19.3. The number of benzene rings is 1. The van der Waals surface area contributed by atoms with Crippen molar-refractivity contribution in [2.24, 2.45) is 0 Å². The van der Waals surface area contributed by atoms with E-state index in [0.29, 0.717) is 36.1 Å². The molecule has 0 spiro atoms. The molecule has 0 atom stereocenters.